The summed E-state index contributed by atoms with van der Waals surface area (Å²) in [5.41, 5.74) is 23.5. The van der Waals surface area contributed by atoms with Gasteiger partial charge in [-0.1, -0.05) is 170 Å². The third kappa shape index (κ3) is 6.97. The lowest BCUT2D eigenvalue weighted by atomic mass is 9.70. The van der Waals surface area contributed by atoms with Crippen LogP contribution in [0.3, 0.4) is 0 Å². The van der Waals surface area contributed by atoms with Crippen molar-refractivity contribution in [3.63, 3.8) is 0 Å². The Morgan fingerprint density at radius 2 is 0.565 bits per heavy atom. The predicted molar refractivity (Wildman–Crippen MR) is 356 cm³/mol. The molecule has 396 valence electrons. The summed E-state index contributed by atoms with van der Waals surface area (Å²) >= 11 is 0. The molecule has 4 heteroatoms. The highest BCUT2D eigenvalue weighted by atomic mass is 15.1. The molecule has 4 nitrogen and oxygen atoms in total. The maximum Gasteiger partial charge on any atom is 0.0725 e. The summed E-state index contributed by atoms with van der Waals surface area (Å²) in [5, 5.41) is 9.69. The number of benzene rings is 14. The SMILES string of the molecule is c1ccc(N(c2ccc3cc4c(cc3c2)C2(c3ccccc3-c3ccccc32)c2cc3cc(N(c5ccccc5)c5ccc6c(c5)c5ccccc5n6-c5ccccc5)ccc3cc2-4)c2ccc3c(c2)c2ccccc2n3-c2ccccc2)cc1. The molecule has 1 spiro atoms. The number of anilines is 6. The Hall–Kier alpha value is -11.2. The minimum Gasteiger partial charge on any atom is -0.310 e. The monoisotopic (exact) mass is 1080 g/mol. The van der Waals surface area contributed by atoms with Gasteiger partial charge in [-0.2, -0.15) is 0 Å². The van der Waals surface area contributed by atoms with Crippen molar-refractivity contribution in [3.8, 4) is 33.6 Å². The van der Waals surface area contributed by atoms with E-state index in [4.69, 9.17) is 0 Å². The zero-order chi connectivity index (χ0) is 55.7. The van der Waals surface area contributed by atoms with Gasteiger partial charge >= 0.3 is 0 Å². The molecule has 18 rings (SSSR count). The van der Waals surface area contributed by atoms with E-state index in [0.29, 0.717) is 0 Å². The summed E-state index contributed by atoms with van der Waals surface area (Å²) in [6.45, 7) is 0. The highest BCUT2D eigenvalue weighted by Gasteiger charge is 2.52. The van der Waals surface area contributed by atoms with Gasteiger partial charge in [-0.05, 0) is 212 Å². The van der Waals surface area contributed by atoms with Crippen LogP contribution in [0.2, 0.25) is 0 Å². The van der Waals surface area contributed by atoms with Crippen LogP contribution in [-0.4, -0.2) is 9.13 Å². The molecule has 0 fully saturated rings. The lowest BCUT2D eigenvalue weighted by Crippen LogP contribution is -2.25. The number of hydrogen-bond acceptors (Lipinski definition) is 2. The number of para-hydroxylation sites is 6. The molecule has 0 radical (unpaired) electrons. The number of fused-ring (bicyclic) bond motifs is 18. The smallest absolute Gasteiger partial charge is 0.0725 e. The highest BCUT2D eigenvalue weighted by molar-refractivity contribution is 6.13. The highest BCUT2D eigenvalue weighted by Crippen LogP contribution is 2.64. The van der Waals surface area contributed by atoms with E-state index < -0.39 is 5.41 Å². The molecule has 0 unspecified atom stereocenters. The molecule has 0 aliphatic heterocycles. The largest absolute Gasteiger partial charge is 0.310 e. The molecule has 2 aliphatic carbocycles. The molecule has 0 N–H and O–H groups in total. The maximum absolute atomic E-state index is 2.53. The Morgan fingerprint density at radius 3 is 1.01 bits per heavy atom. The van der Waals surface area contributed by atoms with E-state index in [1.165, 1.54) is 110 Å². The molecular formula is C81H52N4. The molecule has 2 aromatic heterocycles. The fraction of sp³-hybridized carbons (Fsp3) is 0.0123. The van der Waals surface area contributed by atoms with E-state index >= 15 is 0 Å². The first-order valence-corrected chi connectivity index (χ1v) is 29.4. The van der Waals surface area contributed by atoms with Crippen molar-refractivity contribution in [1.82, 2.24) is 9.13 Å². The fourth-order valence-electron chi connectivity index (χ4n) is 14.8. The Kier molecular flexibility index (Phi) is 10.3. The quantitative estimate of drug-likeness (QED) is 0.151. The Bertz CT molecular complexity index is 5030. The maximum atomic E-state index is 2.53. The van der Waals surface area contributed by atoms with Crippen LogP contribution >= 0.6 is 0 Å². The van der Waals surface area contributed by atoms with E-state index in [9.17, 15) is 0 Å². The second-order valence-corrected chi connectivity index (χ2v) is 22.8. The molecule has 0 bridgehead atoms. The summed E-state index contributed by atoms with van der Waals surface area (Å²) in [6.07, 6.45) is 0. The fourth-order valence-corrected chi connectivity index (χ4v) is 14.8. The zero-order valence-electron chi connectivity index (χ0n) is 46.3. The third-order valence-electron chi connectivity index (χ3n) is 18.4. The van der Waals surface area contributed by atoms with Gasteiger partial charge in [-0.15, -0.1) is 0 Å². The standard InChI is InChI=1S/C81H52N4/c1-5-21-57(22-6-1)82(63-41-43-79-71(51-63)67-31-15-19-35-77(67)84(79)59-25-9-3-10-26-59)61-39-37-53-47-69-70-48-54-38-40-62(46-56(54)50-76(70)81(75(69)49-55(53)45-61)73-33-17-13-29-65(73)66-30-14-18-34-74(66)81)83(58-23-7-2-8-24-58)64-42-44-80-72(52-64)68-32-16-20-36-78(68)85(80)60-27-11-4-12-28-60/h1-52H. The first-order valence-electron chi connectivity index (χ1n) is 29.4. The Balaban J connectivity index is 0.818. The molecule has 16 aromatic rings. The summed E-state index contributed by atoms with van der Waals surface area (Å²) < 4.78 is 4.78. The van der Waals surface area contributed by atoms with Crippen LogP contribution in [0.25, 0.3) is 98.8 Å². The Labute approximate surface area is 492 Å². The van der Waals surface area contributed by atoms with Gasteiger partial charge in [0, 0.05) is 67.0 Å². The third-order valence-corrected chi connectivity index (χ3v) is 18.4. The lowest BCUT2D eigenvalue weighted by molar-refractivity contribution is 0.796. The van der Waals surface area contributed by atoms with Gasteiger partial charge in [0.25, 0.3) is 0 Å². The van der Waals surface area contributed by atoms with Crippen molar-refractivity contribution in [2.75, 3.05) is 9.80 Å². The number of hydrogen-bond donors (Lipinski definition) is 0. The van der Waals surface area contributed by atoms with Gasteiger partial charge in [-0.25, -0.2) is 0 Å². The Morgan fingerprint density at radius 1 is 0.212 bits per heavy atom. The van der Waals surface area contributed by atoms with Gasteiger partial charge in [0.15, 0.2) is 0 Å². The molecule has 0 atom stereocenters. The summed E-state index contributed by atoms with van der Waals surface area (Å²) in [7, 11) is 0. The second kappa shape index (κ2) is 18.4. The first-order chi connectivity index (χ1) is 42.2. The molecule has 0 saturated heterocycles. The van der Waals surface area contributed by atoms with Crippen LogP contribution in [-0.2, 0) is 5.41 Å². The minimum absolute atomic E-state index is 0.569. The number of nitrogens with zero attached hydrogens (tertiary/aromatic N) is 4. The summed E-state index contributed by atoms with van der Waals surface area (Å²) in [6, 6.07) is 117. The molecule has 0 saturated carbocycles. The number of aromatic nitrogens is 2. The van der Waals surface area contributed by atoms with Crippen molar-refractivity contribution in [1.29, 1.82) is 0 Å². The molecule has 85 heavy (non-hydrogen) atoms. The van der Waals surface area contributed by atoms with Crippen LogP contribution in [0.15, 0.2) is 315 Å². The second-order valence-electron chi connectivity index (χ2n) is 22.8. The van der Waals surface area contributed by atoms with E-state index in [-0.39, 0.29) is 0 Å². The van der Waals surface area contributed by atoms with Crippen LogP contribution < -0.4 is 9.80 Å². The van der Waals surface area contributed by atoms with E-state index in [2.05, 4.69) is 334 Å². The van der Waals surface area contributed by atoms with Gasteiger partial charge in [-0.3, -0.25) is 0 Å². The van der Waals surface area contributed by atoms with Crippen LogP contribution in [0.1, 0.15) is 22.3 Å². The normalized spacial score (nSPS) is 12.8. The van der Waals surface area contributed by atoms with Crippen LogP contribution in [0.5, 0.6) is 0 Å². The molecule has 2 aliphatic rings. The van der Waals surface area contributed by atoms with Crippen molar-refractivity contribution >= 4 is 99.3 Å². The van der Waals surface area contributed by atoms with E-state index in [0.717, 1.165) is 45.5 Å². The topological polar surface area (TPSA) is 16.3 Å². The zero-order valence-corrected chi connectivity index (χ0v) is 46.3. The van der Waals surface area contributed by atoms with Gasteiger partial charge in [0.1, 0.15) is 0 Å². The van der Waals surface area contributed by atoms with E-state index in [1.54, 1.807) is 0 Å². The average molecular weight is 1080 g/mol. The van der Waals surface area contributed by atoms with Crippen LogP contribution in [0.4, 0.5) is 34.1 Å². The van der Waals surface area contributed by atoms with Gasteiger partial charge in [0.2, 0.25) is 0 Å². The molecule has 2 heterocycles. The van der Waals surface area contributed by atoms with Crippen molar-refractivity contribution < 1.29 is 0 Å². The molecule has 14 aromatic carbocycles. The first kappa shape index (κ1) is 47.4. The van der Waals surface area contributed by atoms with Crippen molar-refractivity contribution in [2.24, 2.45) is 0 Å². The average Bonchev–Trinajstić information content (AvgIpc) is 1.59. The summed E-state index contributed by atoms with van der Waals surface area (Å²) in [5.74, 6) is 0. The van der Waals surface area contributed by atoms with Gasteiger partial charge in [0.05, 0.1) is 27.5 Å². The molecule has 0 amide bonds. The van der Waals surface area contributed by atoms with Crippen molar-refractivity contribution in [2.45, 2.75) is 5.41 Å². The predicted octanol–water partition coefficient (Wildman–Crippen LogP) is 21.5. The molecular weight excluding hydrogens is 1030 g/mol. The minimum atomic E-state index is -0.569. The van der Waals surface area contributed by atoms with Crippen molar-refractivity contribution in [3.05, 3.63) is 338 Å². The van der Waals surface area contributed by atoms with E-state index in [1.807, 2.05) is 0 Å². The van der Waals surface area contributed by atoms with Crippen LogP contribution in [0, 0.1) is 0 Å². The summed E-state index contributed by atoms with van der Waals surface area (Å²) in [4.78, 5) is 4.85. The van der Waals surface area contributed by atoms with Gasteiger partial charge < -0.3 is 18.9 Å². The number of rotatable bonds is 8. The lowest BCUT2D eigenvalue weighted by Gasteiger charge is -2.31.